The van der Waals surface area contributed by atoms with Gasteiger partial charge in [0.15, 0.2) is 0 Å². The Bertz CT molecular complexity index is 507. The van der Waals surface area contributed by atoms with Gasteiger partial charge in [0.05, 0.1) is 0 Å². The molecule has 0 radical (unpaired) electrons. The van der Waals surface area contributed by atoms with E-state index in [1.165, 1.54) is 37.2 Å². The van der Waals surface area contributed by atoms with Crippen molar-refractivity contribution in [2.24, 2.45) is 5.92 Å². The quantitative estimate of drug-likeness (QED) is 0.891. The molecular formula is C17H25N3O. The van der Waals surface area contributed by atoms with Gasteiger partial charge >= 0.3 is 0 Å². The number of nitrogens with zero attached hydrogens (tertiary/aromatic N) is 1. The molecular weight excluding hydrogens is 262 g/mol. The predicted molar refractivity (Wildman–Crippen MR) is 85.8 cm³/mol. The van der Waals surface area contributed by atoms with Crippen LogP contribution < -0.4 is 10.6 Å². The fourth-order valence-corrected chi connectivity index (χ4v) is 3.29. The summed E-state index contributed by atoms with van der Waals surface area (Å²) in [7, 11) is 2.18. The second kappa shape index (κ2) is 6.48. The zero-order valence-corrected chi connectivity index (χ0v) is 12.8. The van der Waals surface area contributed by atoms with Gasteiger partial charge in [0.1, 0.15) is 0 Å². The van der Waals surface area contributed by atoms with E-state index in [-0.39, 0.29) is 5.91 Å². The number of benzene rings is 1. The number of hydrogen-bond acceptors (Lipinski definition) is 3. The lowest BCUT2D eigenvalue weighted by molar-refractivity contribution is 0.0949. The SMILES string of the molecule is CN1CCC(CCNC(=O)c2ccc3c(c2)CCN3)CC1. The Morgan fingerprint density at radius 2 is 2.19 bits per heavy atom. The summed E-state index contributed by atoms with van der Waals surface area (Å²) in [6.45, 7) is 4.16. The van der Waals surface area contributed by atoms with Crippen molar-refractivity contribution in [1.82, 2.24) is 10.2 Å². The van der Waals surface area contributed by atoms with Crippen LogP contribution in [0.2, 0.25) is 0 Å². The molecule has 21 heavy (non-hydrogen) atoms. The molecule has 0 unspecified atom stereocenters. The topological polar surface area (TPSA) is 44.4 Å². The average molecular weight is 287 g/mol. The van der Waals surface area contributed by atoms with Crippen molar-refractivity contribution >= 4 is 11.6 Å². The lowest BCUT2D eigenvalue weighted by atomic mass is 9.94. The van der Waals surface area contributed by atoms with Crippen LogP contribution in [0, 0.1) is 5.92 Å². The Kier molecular flexibility index (Phi) is 4.44. The number of nitrogens with one attached hydrogen (secondary N) is 2. The summed E-state index contributed by atoms with van der Waals surface area (Å²) in [5.74, 6) is 0.836. The van der Waals surface area contributed by atoms with Crippen molar-refractivity contribution in [3.63, 3.8) is 0 Å². The van der Waals surface area contributed by atoms with Crippen LogP contribution in [0.25, 0.3) is 0 Å². The van der Waals surface area contributed by atoms with E-state index in [9.17, 15) is 4.79 Å². The van der Waals surface area contributed by atoms with Gasteiger partial charge in [0.25, 0.3) is 5.91 Å². The maximum atomic E-state index is 12.2. The molecule has 2 aliphatic rings. The summed E-state index contributed by atoms with van der Waals surface area (Å²) in [4.78, 5) is 14.6. The highest BCUT2D eigenvalue weighted by Crippen LogP contribution is 2.23. The zero-order chi connectivity index (χ0) is 14.7. The number of hydrogen-bond donors (Lipinski definition) is 2. The third kappa shape index (κ3) is 3.56. The largest absolute Gasteiger partial charge is 0.384 e. The molecule has 0 saturated carbocycles. The highest BCUT2D eigenvalue weighted by Gasteiger charge is 2.17. The average Bonchev–Trinajstić information content (AvgIpc) is 2.96. The number of carbonyl (C=O) groups is 1. The second-order valence-electron chi connectivity index (χ2n) is 6.34. The first-order valence-electron chi connectivity index (χ1n) is 8.06. The van der Waals surface area contributed by atoms with E-state index in [0.717, 1.165) is 37.4 Å². The van der Waals surface area contributed by atoms with E-state index < -0.39 is 0 Å². The number of rotatable bonds is 4. The van der Waals surface area contributed by atoms with Gasteiger partial charge < -0.3 is 15.5 Å². The minimum Gasteiger partial charge on any atom is -0.384 e. The first-order chi connectivity index (χ1) is 10.2. The Morgan fingerprint density at radius 3 is 3.00 bits per heavy atom. The molecule has 0 aromatic heterocycles. The van der Waals surface area contributed by atoms with Crippen LogP contribution >= 0.6 is 0 Å². The fraction of sp³-hybridized carbons (Fsp3) is 0.588. The van der Waals surface area contributed by atoms with Crippen molar-refractivity contribution in [1.29, 1.82) is 0 Å². The van der Waals surface area contributed by atoms with Crippen LogP contribution in [-0.4, -0.2) is 44.0 Å². The van der Waals surface area contributed by atoms with Crippen LogP contribution in [0.4, 0.5) is 5.69 Å². The monoisotopic (exact) mass is 287 g/mol. The molecule has 4 heteroatoms. The molecule has 3 rings (SSSR count). The molecule has 1 fully saturated rings. The lowest BCUT2D eigenvalue weighted by Crippen LogP contribution is -2.32. The second-order valence-corrected chi connectivity index (χ2v) is 6.34. The summed E-state index contributed by atoms with van der Waals surface area (Å²) < 4.78 is 0. The van der Waals surface area contributed by atoms with E-state index in [0.29, 0.717) is 0 Å². The molecule has 1 aromatic rings. The molecule has 2 heterocycles. The van der Waals surface area contributed by atoms with Gasteiger partial charge in [0.2, 0.25) is 0 Å². The van der Waals surface area contributed by atoms with Gasteiger partial charge in [-0.2, -0.15) is 0 Å². The van der Waals surface area contributed by atoms with E-state index >= 15 is 0 Å². The van der Waals surface area contributed by atoms with Crippen molar-refractivity contribution in [3.8, 4) is 0 Å². The zero-order valence-electron chi connectivity index (χ0n) is 12.8. The summed E-state index contributed by atoms with van der Waals surface area (Å²) in [6.07, 6.45) is 4.64. The Labute approximate surface area is 126 Å². The van der Waals surface area contributed by atoms with Crippen molar-refractivity contribution in [2.45, 2.75) is 25.7 Å². The minimum absolute atomic E-state index is 0.0672. The van der Waals surface area contributed by atoms with Crippen molar-refractivity contribution in [2.75, 3.05) is 38.5 Å². The summed E-state index contributed by atoms with van der Waals surface area (Å²) >= 11 is 0. The molecule has 0 aliphatic carbocycles. The van der Waals surface area contributed by atoms with E-state index in [1.807, 2.05) is 18.2 Å². The number of likely N-dealkylation sites (tertiary alicyclic amines) is 1. The van der Waals surface area contributed by atoms with Crippen molar-refractivity contribution < 1.29 is 4.79 Å². The van der Waals surface area contributed by atoms with Crippen LogP contribution in [0.5, 0.6) is 0 Å². The predicted octanol–water partition coefficient (Wildman–Crippen LogP) is 2.12. The van der Waals surface area contributed by atoms with E-state index in [2.05, 4.69) is 22.6 Å². The summed E-state index contributed by atoms with van der Waals surface area (Å²) in [5, 5.41) is 6.40. The lowest BCUT2D eigenvalue weighted by Gasteiger charge is -2.28. The highest BCUT2D eigenvalue weighted by molar-refractivity contribution is 5.95. The molecule has 0 spiro atoms. The maximum Gasteiger partial charge on any atom is 0.251 e. The molecule has 2 N–H and O–H groups in total. The number of amides is 1. The van der Waals surface area contributed by atoms with Crippen LogP contribution in [0.1, 0.15) is 35.2 Å². The van der Waals surface area contributed by atoms with Gasteiger partial charge in [0, 0.05) is 24.3 Å². The first-order valence-corrected chi connectivity index (χ1v) is 8.06. The third-order valence-corrected chi connectivity index (χ3v) is 4.75. The van der Waals surface area contributed by atoms with Crippen molar-refractivity contribution in [3.05, 3.63) is 29.3 Å². The van der Waals surface area contributed by atoms with Gasteiger partial charge in [-0.05, 0) is 75.5 Å². The Balaban J connectivity index is 1.46. The number of carbonyl (C=O) groups excluding carboxylic acids is 1. The van der Waals surface area contributed by atoms with E-state index in [1.54, 1.807) is 0 Å². The normalized spacial score (nSPS) is 19.1. The molecule has 2 aliphatic heterocycles. The molecule has 1 amide bonds. The fourth-order valence-electron chi connectivity index (χ4n) is 3.29. The van der Waals surface area contributed by atoms with Gasteiger partial charge in [-0.3, -0.25) is 4.79 Å². The van der Waals surface area contributed by atoms with Crippen LogP contribution in [0.15, 0.2) is 18.2 Å². The minimum atomic E-state index is 0.0672. The van der Waals surface area contributed by atoms with Gasteiger partial charge in [-0.15, -0.1) is 0 Å². The standard InChI is InChI=1S/C17H25N3O/c1-20-10-6-13(7-11-20)4-8-19-17(21)15-2-3-16-14(12-15)5-9-18-16/h2-3,12-13,18H,4-11H2,1H3,(H,19,21). The molecule has 1 saturated heterocycles. The Morgan fingerprint density at radius 1 is 1.38 bits per heavy atom. The number of fused-ring (bicyclic) bond motifs is 1. The van der Waals surface area contributed by atoms with Gasteiger partial charge in [-0.25, -0.2) is 0 Å². The molecule has 0 bridgehead atoms. The van der Waals surface area contributed by atoms with E-state index in [4.69, 9.17) is 0 Å². The molecule has 1 aromatic carbocycles. The number of piperidine rings is 1. The smallest absolute Gasteiger partial charge is 0.251 e. The number of anilines is 1. The maximum absolute atomic E-state index is 12.2. The highest BCUT2D eigenvalue weighted by atomic mass is 16.1. The third-order valence-electron chi connectivity index (χ3n) is 4.75. The van der Waals surface area contributed by atoms with Crippen LogP contribution in [0.3, 0.4) is 0 Å². The Hall–Kier alpha value is -1.55. The summed E-state index contributed by atoms with van der Waals surface area (Å²) in [6, 6.07) is 5.97. The van der Waals surface area contributed by atoms with Gasteiger partial charge in [-0.1, -0.05) is 0 Å². The molecule has 4 nitrogen and oxygen atoms in total. The molecule has 0 atom stereocenters. The van der Waals surface area contributed by atoms with Crippen LogP contribution in [-0.2, 0) is 6.42 Å². The first kappa shape index (κ1) is 14.4. The summed E-state index contributed by atoms with van der Waals surface area (Å²) in [5.41, 5.74) is 3.23. The molecule has 114 valence electrons.